The van der Waals surface area contributed by atoms with Crippen molar-refractivity contribution in [1.82, 2.24) is 15.0 Å². The van der Waals surface area contributed by atoms with Gasteiger partial charge in [0.05, 0.1) is 37.1 Å². The number of ether oxygens (including phenoxy) is 2. The van der Waals surface area contributed by atoms with Crippen molar-refractivity contribution in [1.29, 1.82) is 0 Å². The number of pyridine rings is 1. The first-order valence-electron chi connectivity index (χ1n) is 4.92. The molecule has 0 saturated carbocycles. The van der Waals surface area contributed by atoms with Gasteiger partial charge in [-0.05, 0) is 6.07 Å². The van der Waals surface area contributed by atoms with Crippen molar-refractivity contribution >= 4 is 11.0 Å². The van der Waals surface area contributed by atoms with Crippen LogP contribution >= 0.6 is 0 Å². The number of fused-ring (bicyclic) bond motifs is 1. The summed E-state index contributed by atoms with van der Waals surface area (Å²) < 4.78 is 10.9. The summed E-state index contributed by atoms with van der Waals surface area (Å²) in [6.07, 6.45) is 3.41. The maximum absolute atomic E-state index is 5.55. The van der Waals surface area contributed by atoms with Gasteiger partial charge in [-0.1, -0.05) is 0 Å². The molecule has 0 radical (unpaired) electrons. The molecule has 1 aliphatic rings. The normalized spacial score (nSPS) is 22.0. The molecule has 2 aromatic rings. The quantitative estimate of drug-likeness (QED) is 0.755. The zero-order chi connectivity index (χ0) is 10.1. The van der Waals surface area contributed by atoms with Crippen molar-refractivity contribution in [2.75, 3.05) is 19.8 Å². The van der Waals surface area contributed by atoms with Gasteiger partial charge in [0.15, 0.2) is 0 Å². The second-order valence-corrected chi connectivity index (χ2v) is 3.45. The average Bonchev–Trinajstić information content (AvgIpc) is 2.74. The first-order chi connectivity index (χ1) is 7.43. The fourth-order valence-electron chi connectivity index (χ4n) is 1.67. The van der Waals surface area contributed by atoms with Crippen LogP contribution in [0.25, 0.3) is 11.0 Å². The van der Waals surface area contributed by atoms with Crippen LogP contribution in [0.15, 0.2) is 18.5 Å². The van der Waals surface area contributed by atoms with E-state index in [1.165, 1.54) is 0 Å². The Labute approximate surface area is 86.4 Å². The Morgan fingerprint density at radius 2 is 2.40 bits per heavy atom. The third kappa shape index (κ3) is 1.60. The molecule has 5 heteroatoms. The number of aromatic amines is 1. The van der Waals surface area contributed by atoms with E-state index in [1.54, 1.807) is 12.4 Å². The Hall–Kier alpha value is -1.46. The highest BCUT2D eigenvalue weighted by Crippen LogP contribution is 2.20. The fraction of sp³-hybridized carbons (Fsp3) is 0.400. The number of nitrogens with one attached hydrogen (secondary N) is 1. The summed E-state index contributed by atoms with van der Waals surface area (Å²) in [6.45, 7) is 1.85. The Morgan fingerprint density at radius 3 is 3.20 bits per heavy atom. The molecule has 0 aliphatic carbocycles. The van der Waals surface area contributed by atoms with Crippen molar-refractivity contribution in [3.05, 3.63) is 24.3 Å². The highest BCUT2D eigenvalue weighted by atomic mass is 16.6. The van der Waals surface area contributed by atoms with Crippen LogP contribution in [0.1, 0.15) is 11.9 Å². The van der Waals surface area contributed by atoms with Gasteiger partial charge >= 0.3 is 0 Å². The van der Waals surface area contributed by atoms with Gasteiger partial charge < -0.3 is 14.5 Å². The summed E-state index contributed by atoms with van der Waals surface area (Å²) in [5.74, 6) is 0.817. The third-order valence-corrected chi connectivity index (χ3v) is 2.42. The summed E-state index contributed by atoms with van der Waals surface area (Å²) in [5, 5.41) is 0. The van der Waals surface area contributed by atoms with Gasteiger partial charge in [-0.2, -0.15) is 0 Å². The molecule has 15 heavy (non-hydrogen) atoms. The largest absolute Gasteiger partial charge is 0.376 e. The minimum absolute atomic E-state index is 0.0776. The van der Waals surface area contributed by atoms with E-state index in [1.807, 2.05) is 6.07 Å². The second-order valence-electron chi connectivity index (χ2n) is 3.45. The maximum Gasteiger partial charge on any atom is 0.138 e. The van der Waals surface area contributed by atoms with Crippen LogP contribution in [0.3, 0.4) is 0 Å². The lowest BCUT2D eigenvalue weighted by atomic mass is 10.3. The van der Waals surface area contributed by atoms with E-state index in [-0.39, 0.29) is 6.10 Å². The van der Waals surface area contributed by atoms with E-state index >= 15 is 0 Å². The highest BCUT2D eigenvalue weighted by Gasteiger charge is 2.19. The van der Waals surface area contributed by atoms with Crippen LogP contribution in [0.5, 0.6) is 0 Å². The van der Waals surface area contributed by atoms with Gasteiger partial charge in [0.25, 0.3) is 0 Å². The third-order valence-electron chi connectivity index (χ3n) is 2.42. The summed E-state index contributed by atoms with van der Waals surface area (Å²) >= 11 is 0. The topological polar surface area (TPSA) is 60.0 Å². The molecule has 3 rings (SSSR count). The Balaban J connectivity index is 1.96. The molecule has 0 amide bonds. The standard InChI is InChI=1S/C10H11N3O2/c1-2-11-5-8-7(1)12-10(13-8)9-6-14-3-4-15-9/h1-2,5,9H,3-4,6H2,(H,12,13). The van der Waals surface area contributed by atoms with Gasteiger partial charge in [-0.25, -0.2) is 4.98 Å². The molecule has 3 heterocycles. The lowest BCUT2D eigenvalue weighted by Gasteiger charge is -2.20. The number of nitrogens with zero attached hydrogens (tertiary/aromatic N) is 2. The van der Waals surface area contributed by atoms with Crippen LogP contribution in [0.4, 0.5) is 0 Å². The van der Waals surface area contributed by atoms with Gasteiger partial charge in [0, 0.05) is 6.20 Å². The molecule has 1 saturated heterocycles. The molecule has 0 bridgehead atoms. The van der Waals surface area contributed by atoms with E-state index in [4.69, 9.17) is 9.47 Å². The summed E-state index contributed by atoms with van der Waals surface area (Å²) in [7, 11) is 0. The molecule has 1 unspecified atom stereocenters. The molecule has 0 spiro atoms. The molecular formula is C10H11N3O2. The SMILES string of the molecule is c1cc2nc(C3COCCO3)[nH]c2cn1. The van der Waals surface area contributed by atoms with Gasteiger partial charge in [-0.3, -0.25) is 4.98 Å². The summed E-state index contributed by atoms with van der Waals surface area (Å²) in [4.78, 5) is 11.7. The zero-order valence-electron chi connectivity index (χ0n) is 8.14. The van der Waals surface area contributed by atoms with Gasteiger partial charge in [0.1, 0.15) is 11.9 Å². The van der Waals surface area contributed by atoms with Crippen molar-refractivity contribution in [3.63, 3.8) is 0 Å². The Morgan fingerprint density at radius 1 is 1.40 bits per heavy atom. The lowest BCUT2D eigenvalue weighted by Crippen LogP contribution is -2.22. The molecular weight excluding hydrogens is 194 g/mol. The number of rotatable bonds is 1. The first kappa shape index (κ1) is 8.82. The lowest BCUT2D eigenvalue weighted by molar-refractivity contribution is -0.0931. The number of H-pyrrole nitrogens is 1. The Kier molecular flexibility index (Phi) is 2.12. The number of hydrogen-bond acceptors (Lipinski definition) is 4. The highest BCUT2D eigenvalue weighted by molar-refractivity contribution is 5.73. The first-order valence-corrected chi connectivity index (χ1v) is 4.92. The van der Waals surface area contributed by atoms with Gasteiger partial charge in [0.2, 0.25) is 0 Å². The molecule has 1 atom stereocenters. The maximum atomic E-state index is 5.55. The fourth-order valence-corrected chi connectivity index (χ4v) is 1.67. The van der Waals surface area contributed by atoms with Crippen LogP contribution in [0, 0.1) is 0 Å². The van der Waals surface area contributed by atoms with Crippen molar-refractivity contribution in [2.24, 2.45) is 0 Å². The molecule has 0 aromatic carbocycles. The van der Waals surface area contributed by atoms with Crippen LogP contribution < -0.4 is 0 Å². The Bertz CT molecular complexity index is 429. The molecule has 5 nitrogen and oxygen atoms in total. The summed E-state index contributed by atoms with van der Waals surface area (Å²) in [5.41, 5.74) is 1.84. The monoisotopic (exact) mass is 205 g/mol. The smallest absolute Gasteiger partial charge is 0.138 e. The second kappa shape index (κ2) is 3.60. The van der Waals surface area contributed by atoms with Crippen molar-refractivity contribution in [2.45, 2.75) is 6.10 Å². The molecule has 1 aliphatic heterocycles. The van der Waals surface area contributed by atoms with Crippen molar-refractivity contribution < 1.29 is 9.47 Å². The predicted octanol–water partition coefficient (Wildman–Crippen LogP) is 1.05. The van der Waals surface area contributed by atoms with E-state index in [9.17, 15) is 0 Å². The minimum Gasteiger partial charge on any atom is -0.376 e. The molecule has 1 N–H and O–H groups in total. The minimum atomic E-state index is -0.0776. The number of aromatic nitrogens is 3. The van der Waals surface area contributed by atoms with Crippen LogP contribution in [-0.2, 0) is 9.47 Å². The van der Waals surface area contributed by atoms with Crippen molar-refractivity contribution in [3.8, 4) is 0 Å². The zero-order valence-corrected chi connectivity index (χ0v) is 8.14. The molecule has 78 valence electrons. The molecule has 2 aromatic heterocycles. The van der Waals surface area contributed by atoms with E-state index in [0.717, 1.165) is 16.9 Å². The van der Waals surface area contributed by atoms with E-state index in [2.05, 4.69) is 15.0 Å². The average molecular weight is 205 g/mol. The van der Waals surface area contributed by atoms with Crippen LogP contribution in [-0.4, -0.2) is 34.8 Å². The predicted molar refractivity (Wildman–Crippen MR) is 53.4 cm³/mol. The number of hydrogen-bond donors (Lipinski definition) is 1. The molecule has 1 fully saturated rings. The summed E-state index contributed by atoms with van der Waals surface area (Å²) in [6, 6.07) is 1.87. The van der Waals surface area contributed by atoms with Gasteiger partial charge in [-0.15, -0.1) is 0 Å². The van der Waals surface area contributed by atoms with E-state index in [0.29, 0.717) is 19.8 Å². The van der Waals surface area contributed by atoms with Crippen LogP contribution in [0.2, 0.25) is 0 Å². The number of imidazole rings is 1. The van der Waals surface area contributed by atoms with E-state index < -0.39 is 0 Å².